The van der Waals surface area contributed by atoms with E-state index in [4.69, 9.17) is 5.73 Å². The number of rotatable bonds is 5. The van der Waals surface area contributed by atoms with E-state index in [1.54, 1.807) is 29.1 Å². The molecule has 3 N–H and O–H groups in total. The topological polar surface area (TPSA) is 72.9 Å². The fraction of sp³-hybridized carbons (Fsp3) is 0.333. The smallest absolute Gasteiger partial charge is 0.272 e. The molecule has 0 aliphatic heterocycles. The van der Waals surface area contributed by atoms with E-state index in [2.05, 4.69) is 10.4 Å². The molecule has 0 radical (unpaired) electrons. The van der Waals surface area contributed by atoms with Crippen LogP contribution in [0.4, 0.5) is 4.39 Å². The van der Waals surface area contributed by atoms with E-state index in [0.717, 1.165) is 12.8 Å². The maximum atomic E-state index is 12.9. The van der Waals surface area contributed by atoms with Gasteiger partial charge in [-0.05, 0) is 49.1 Å². The number of nitrogens with one attached hydrogen (secondary N) is 1. The van der Waals surface area contributed by atoms with Crippen LogP contribution in [0.25, 0.3) is 5.69 Å². The number of nitrogens with zero attached hydrogens (tertiary/aromatic N) is 2. The van der Waals surface area contributed by atoms with E-state index >= 15 is 0 Å². The van der Waals surface area contributed by atoms with Crippen molar-refractivity contribution in [2.45, 2.75) is 18.9 Å². The minimum Gasteiger partial charge on any atom is -0.346 e. The molecule has 1 aliphatic rings. The summed E-state index contributed by atoms with van der Waals surface area (Å²) in [4.78, 5) is 12.1. The molecule has 1 fully saturated rings. The highest BCUT2D eigenvalue weighted by molar-refractivity contribution is 5.92. The van der Waals surface area contributed by atoms with Gasteiger partial charge in [-0.25, -0.2) is 9.07 Å². The van der Waals surface area contributed by atoms with Crippen molar-refractivity contribution in [1.29, 1.82) is 0 Å². The van der Waals surface area contributed by atoms with Gasteiger partial charge < -0.3 is 11.1 Å². The summed E-state index contributed by atoms with van der Waals surface area (Å²) in [5.74, 6) is -0.0320. The summed E-state index contributed by atoms with van der Waals surface area (Å²) < 4.78 is 14.4. The van der Waals surface area contributed by atoms with E-state index in [1.807, 2.05) is 0 Å². The number of carbonyl (C=O) groups excluding carboxylic acids is 1. The second kappa shape index (κ2) is 5.65. The summed E-state index contributed by atoms with van der Waals surface area (Å²) in [7, 11) is 0. The third-order valence-corrected chi connectivity index (χ3v) is 3.67. The first-order chi connectivity index (χ1) is 10.2. The number of carbonyl (C=O) groups is 1. The Morgan fingerprint density at radius 2 is 2.10 bits per heavy atom. The molecule has 1 unspecified atom stereocenters. The van der Waals surface area contributed by atoms with Gasteiger partial charge in [0, 0.05) is 18.8 Å². The van der Waals surface area contributed by atoms with Crippen LogP contribution in [0.2, 0.25) is 0 Å². The van der Waals surface area contributed by atoms with Crippen LogP contribution in [-0.2, 0) is 0 Å². The average molecular weight is 288 g/mol. The van der Waals surface area contributed by atoms with E-state index in [0.29, 0.717) is 23.8 Å². The minimum absolute atomic E-state index is 0.0217. The molecular formula is C15H17FN4O. The van der Waals surface area contributed by atoms with Crippen LogP contribution < -0.4 is 11.1 Å². The number of hydrogen-bond donors (Lipinski definition) is 2. The van der Waals surface area contributed by atoms with Crippen LogP contribution in [-0.4, -0.2) is 28.3 Å². The zero-order valence-electron chi connectivity index (χ0n) is 11.5. The lowest BCUT2D eigenvalue weighted by atomic mass is 10.2. The van der Waals surface area contributed by atoms with Crippen LogP contribution in [0.1, 0.15) is 23.3 Å². The quantitative estimate of drug-likeness (QED) is 0.875. The largest absolute Gasteiger partial charge is 0.346 e. The fourth-order valence-electron chi connectivity index (χ4n) is 2.29. The third kappa shape index (κ3) is 3.11. The molecule has 6 heteroatoms. The van der Waals surface area contributed by atoms with Crippen LogP contribution >= 0.6 is 0 Å². The Morgan fingerprint density at radius 1 is 1.38 bits per heavy atom. The van der Waals surface area contributed by atoms with Crippen molar-refractivity contribution in [2.24, 2.45) is 11.7 Å². The molecule has 1 amide bonds. The molecule has 1 heterocycles. The van der Waals surface area contributed by atoms with E-state index in [-0.39, 0.29) is 17.8 Å². The summed E-state index contributed by atoms with van der Waals surface area (Å²) in [5, 5.41) is 7.14. The Kier molecular flexibility index (Phi) is 3.70. The predicted octanol–water partition coefficient (Wildman–Crippen LogP) is 1.48. The molecule has 5 nitrogen and oxygen atoms in total. The van der Waals surface area contributed by atoms with Gasteiger partial charge >= 0.3 is 0 Å². The molecule has 1 aliphatic carbocycles. The monoisotopic (exact) mass is 288 g/mol. The molecular weight excluding hydrogens is 271 g/mol. The first kappa shape index (κ1) is 13.8. The summed E-state index contributed by atoms with van der Waals surface area (Å²) in [6.45, 7) is 0.440. The molecule has 110 valence electrons. The third-order valence-electron chi connectivity index (χ3n) is 3.67. The number of hydrogen-bond acceptors (Lipinski definition) is 3. The van der Waals surface area contributed by atoms with Gasteiger partial charge in [-0.15, -0.1) is 0 Å². The van der Waals surface area contributed by atoms with E-state index < -0.39 is 0 Å². The van der Waals surface area contributed by atoms with Crippen molar-refractivity contribution >= 4 is 5.91 Å². The van der Waals surface area contributed by atoms with Crippen molar-refractivity contribution in [2.75, 3.05) is 6.54 Å². The van der Waals surface area contributed by atoms with Gasteiger partial charge in [0.05, 0.1) is 5.69 Å². The summed E-state index contributed by atoms with van der Waals surface area (Å²) in [6.07, 6.45) is 3.91. The van der Waals surface area contributed by atoms with Gasteiger partial charge in [0.1, 0.15) is 5.82 Å². The molecule has 21 heavy (non-hydrogen) atoms. The molecule has 3 rings (SSSR count). The lowest BCUT2D eigenvalue weighted by Crippen LogP contribution is -2.41. The second-order valence-corrected chi connectivity index (χ2v) is 5.28. The second-order valence-electron chi connectivity index (χ2n) is 5.28. The maximum Gasteiger partial charge on any atom is 0.272 e. The molecule has 2 aromatic rings. The molecule has 0 spiro atoms. The van der Waals surface area contributed by atoms with Crippen molar-refractivity contribution < 1.29 is 9.18 Å². The number of halogens is 1. The van der Waals surface area contributed by atoms with E-state index in [9.17, 15) is 9.18 Å². The Bertz CT molecular complexity index is 633. The Labute approximate surface area is 121 Å². The first-order valence-corrected chi connectivity index (χ1v) is 7.00. The average Bonchev–Trinajstić information content (AvgIpc) is 3.21. The summed E-state index contributed by atoms with van der Waals surface area (Å²) in [5.41, 5.74) is 6.71. The van der Waals surface area contributed by atoms with E-state index in [1.165, 1.54) is 12.1 Å². The Hall–Kier alpha value is -2.21. The number of nitrogens with two attached hydrogens (primary N) is 1. The number of amides is 1. The summed E-state index contributed by atoms with van der Waals surface area (Å²) >= 11 is 0. The zero-order valence-corrected chi connectivity index (χ0v) is 11.5. The molecule has 0 bridgehead atoms. The van der Waals surface area contributed by atoms with Crippen molar-refractivity contribution in [3.05, 3.63) is 48.0 Å². The van der Waals surface area contributed by atoms with Crippen molar-refractivity contribution in [3.8, 4) is 5.69 Å². The Morgan fingerprint density at radius 3 is 2.71 bits per heavy atom. The maximum absolute atomic E-state index is 12.9. The highest BCUT2D eigenvalue weighted by Crippen LogP contribution is 2.32. The summed E-state index contributed by atoms with van der Waals surface area (Å²) in [6, 6.07) is 7.59. The Balaban J connectivity index is 1.71. The number of benzene rings is 1. The molecule has 1 saturated carbocycles. The standard InChI is InChI=1S/C15H17FN4O/c16-11-3-5-12(6-4-11)20-8-7-13(19-20)15(21)18-14(9-17)10-1-2-10/h3-8,10,14H,1-2,9,17H2,(H,18,21). The lowest BCUT2D eigenvalue weighted by molar-refractivity contribution is 0.0928. The normalized spacial score (nSPS) is 15.7. The fourth-order valence-corrected chi connectivity index (χ4v) is 2.29. The van der Waals surface area contributed by atoms with Crippen LogP contribution in [0.5, 0.6) is 0 Å². The molecule has 0 saturated heterocycles. The molecule has 1 aromatic carbocycles. The van der Waals surface area contributed by atoms with Gasteiger partial charge in [0.2, 0.25) is 0 Å². The SMILES string of the molecule is NCC(NC(=O)c1ccn(-c2ccc(F)cc2)n1)C1CC1. The van der Waals surface area contributed by atoms with Gasteiger partial charge in [0.25, 0.3) is 5.91 Å². The molecule has 1 atom stereocenters. The van der Waals surface area contributed by atoms with Gasteiger partial charge in [-0.3, -0.25) is 4.79 Å². The highest BCUT2D eigenvalue weighted by atomic mass is 19.1. The molecule has 1 aromatic heterocycles. The number of aromatic nitrogens is 2. The first-order valence-electron chi connectivity index (χ1n) is 7.00. The lowest BCUT2D eigenvalue weighted by Gasteiger charge is -2.14. The highest BCUT2D eigenvalue weighted by Gasteiger charge is 2.31. The van der Waals surface area contributed by atoms with Crippen LogP contribution in [0.15, 0.2) is 36.5 Å². The minimum atomic E-state index is -0.306. The van der Waals surface area contributed by atoms with Gasteiger partial charge in [-0.2, -0.15) is 5.10 Å². The van der Waals surface area contributed by atoms with Crippen molar-refractivity contribution in [3.63, 3.8) is 0 Å². The predicted molar refractivity (Wildman–Crippen MR) is 76.6 cm³/mol. The van der Waals surface area contributed by atoms with Crippen molar-refractivity contribution in [1.82, 2.24) is 15.1 Å². The van der Waals surface area contributed by atoms with Crippen LogP contribution in [0.3, 0.4) is 0 Å². The van der Waals surface area contributed by atoms with Gasteiger partial charge in [-0.1, -0.05) is 0 Å². The van der Waals surface area contributed by atoms with Crippen LogP contribution in [0, 0.1) is 11.7 Å². The van der Waals surface area contributed by atoms with Gasteiger partial charge in [0.15, 0.2) is 5.69 Å². The zero-order chi connectivity index (χ0) is 14.8.